The van der Waals surface area contributed by atoms with Crippen LogP contribution in [-0.2, 0) is 37.1 Å². The van der Waals surface area contributed by atoms with Gasteiger partial charge in [-0.1, -0.05) is 94.8 Å². The molecule has 2 aromatic carbocycles. The summed E-state index contributed by atoms with van der Waals surface area (Å²) < 4.78 is 5.29. The first-order valence-electron chi connectivity index (χ1n) is 17.4. The molecule has 3 rings (SSSR count). The van der Waals surface area contributed by atoms with E-state index in [9.17, 15) is 29.2 Å². The lowest BCUT2D eigenvalue weighted by molar-refractivity contribution is -0.147. The Morgan fingerprint density at radius 2 is 1.60 bits per heavy atom. The van der Waals surface area contributed by atoms with Gasteiger partial charge in [0, 0.05) is 12.5 Å². The van der Waals surface area contributed by atoms with Crippen LogP contribution in [0.2, 0.25) is 0 Å². The number of nitrogens with two attached hydrogens (primary N) is 1. The number of ketones is 2. The minimum absolute atomic E-state index is 0.0422. The van der Waals surface area contributed by atoms with E-state index in [4.69, 9.17) is 10.5 Å². The second kappa shape index (κ2) is 19.0. The maximum absolute atomic E-state index is 14.6. The highest BCUT2D eigenvalue weighted by Gasteiger charge is 2.55. The van der Waals surface area contributed by atoms with Crippen molar-refractivity contribution >= 4 is 29.5 Å². The number of Topliss-reactive ketones (excluding diaryl/α,β-unsaturated/α-hetero) is 2. The van der Waals surface area contributed by atoms with Crippen molar-refractivity contribution in [1.82, 2.24) is 20.9 Å². The van der Waals surface area contributed by atoms with E-state index < -0.39 is 53.1 Å². The summed E-state index contributed by atoms with van der Waals surface area (Å²) in [4.78, 5) is 70.7. The van der Waals surface area contributed by atoms with Crippen molar-refractivity contribution in [1.29, 1.82) is 5.26 Å². The minimum atomic E-state index is -1.73. The number of hydrogen-bond acceptors (Lipinski definition) is 9. The number of alkyl carbamates (subject to hydrolysis) is 1. The molecule has 0 aliphatic carbocycles. The zero-order valence-electron chi connectivity index (χ0n) is 29.8. The van der Waals surface area contributed by atoms with Crippen LogP contribution < -0.4 is 21.7 Å². The quantitative estimate of drug-likeness (QED) is 0.170. The fourth-order valence-corrected chi connectivity index (χ4v) is 6.41. The van der Waals surface area contributed by atoms with Crippen LogP contribution in [0.5, 0.6) is 0 Å². The van der Waals surface area contributed by atoms with Gasteiger partial charge in [0.05, 0.1) is 18.5 Å². The van der Waals surface area contributed by atoms with Crippen molar-refractivity contribution in [2.24, 2.45) is 23.5 Å². The molecule has 270 valence electrons. The van der Waals surface area contributed by atoms with Gasteiger partial charge in [0.15, 0.2) is 17.1 Å². The van der Waals surface area contributed by atoms with Crippen LogP contribution in [0.15, 0.2) is 60.7 Å². The summed E-state index contributed by atoms with van der Waals surface area (Å²) in [5.41, 5.74) is 6.59. The molecule has 0 spiro atoms. The molecule has 1 heterocycles. The number of benzene rings is 2. The zero-order valence-corrected chi connectivity index (χ0v) is 29.8. The van der Waals surface area contributed by atoms with E-state index in [1.165, 1.54) is 0 Å². The van der Waals surface area contributed by atoms with Gasteiger partial charge in [-0.05, 0) is 55.8 Å². The Balaban J connectivity index is 1.85. The molecule has 6 atom stereocenters. The van der Waals surface area contributed by atoms with Crippen LogP contribution in [0.1, 0.15) is 70.9 Å². The Hall–Kier alpha value is -4.60. The maximum atomic E-state index is 14.6. The number of nitriles is 1. The molecule has 2 aromatic rings. The number of carbonyl (C=O) groups excluding carboxylic acids is 5. The van der Waals surface area contributed by atoms with E-state index in [1.54, 1.807) is 36.2 Å². The van der Waals surface area contributed by atoms with Gasteiger partial charge in [-0.2, -0.15) is 5.26 Å². The van der Waals surface area contributed by atoms with Crippen molar-refractivity contribution in [3.8, 4) is 6.07 Å². The van der Waals surface area contributed by atoms with Crippen molar-refractivity contribution in [3.63, 3.8) is 0 Å². The lowest BCUT2D eigenvalue weighted by Gasteiger charge is -2.38. The van der Waals surface area contributed by atoms with Crippen LogP contribution in [0.4, 0.5) is 4.79 Å². The lowest BCUT2D eigenvalue weighted by atomic mass is 9.76. The highest BCUT2D eigenvalue weighted by atomic mass is 16.5. The van der Waals surface area contributed by atoms with Gasteiger partial charge in [0.25, 0.3) is 0 Å². The van der Waals surface area contributed by atoms with Gasteiger partial charge in [-0.3, -0.25) is 24.1 Å². The van der Waals surface area contributed by atoms with Crippen molar-refractivity contribution in [2.45, 2.75) is 96.6 Å². The standard InChI is InChI=1S/C38H52N6O6/c1-6-26(4)32(35(47)41-23-27-14-9-7-10-15-27)43-36(48)38(19-13-21-44(38)5)34(46)31(40)29(22-25(2)3)33(45)30(18-20-39)42-37(49)50-24-28-16-11-8-12-17-28/h7-12,14-17,25-26,29-32H,6,13,18-19,21-24,40H2,1-5H3,(H,41,47)(H,42,49)(H,43,48)/t26-,29?,30-,31?,32-,38+/m0/s1. The second-order valence-electron chi connectivity index (χ2n) is 13.6. The number of likely N-dealkylation sites (tertiary alicyclic amines) is 1. The number of rotatable bonds is 18. The topological polar surface area (TPSA) is 184 Å². The largest absolute Gasteiger partial charge is 0.445 e. The molecule has 12 heteroatoms. The molecule has 0 saturated carbocycles. The Morgan fingerprint density at radius 3 is 2.14 bits per heavy atom. The molecule has 5 N–H and O–H groups in total. The SMILES string of the molecule is CC[C@H](C)[C@H](NC(=O)[C@]1(C(=O)C(N)C(CC(C)C)C(=O)[C@H](CC#N)NC(=O)OCc2ccccc2)CCCN1C)C(=O)NCc1ccccc1. The van der Waals surface area contributed by atoms with Crippen molar-refractivity contribution in [2.75, 3.05) is 13.6 Å². The van der Waals surface area contributed by atoms with Gasteiger partial charge < -0.3 is 26.4 Å². The summed E-state index contributed by atoms with van der Waals surface area (Å²) >= 11 is 0. The number of likely N-dealkylation sites (N-methyl/N-ethyl adjacent to an activating group) is 1. The first-order valence-corrected chi connectivity index (χ1v) is 17.4. The lowest BCUT2D eigenvalue weighted by Crippen LogP contribution is -2.67. The normalized spacial score (nSPS) is 18.9. The molecule has 1 saturated heterocycles. The first kappa shape index (κ1) is 39.8. The Morgan fingerprint density at radius 1 is 0.980 bits per heavy atom. The molecular weight excluding hydrogens is 636 g/mol. The highest BCUT2D eigenvalue weighted by molar-refractivity contribution is 6.15. The maximum Gasteiger partial charge on any atom is 0.408 e. The summed E-state index contributed by atoms with van der Waals surface area (Å²) in [6, 6.07) is 16.7. The summed E-state index contributed by atoms with van der Waals surface area (Å²) in [6.45, 7) is 8.16. The number of ether oxygens (including phenoxy) is 1. The molecule has 0 bridgehead atoms. The third kappa shape index (κ3) is 10.2. The van der Waals surface area contributed by atoms with Crippen molar-refractivity contribution in [3.05, 3.63) is 71.8 Å². The van der Waals surface area contributed by atoms with Crippen LogP contribution in [0.3, 0.4) is 0 Å². The summed E-state index contributed by atoms with van der Waals surface area (Å²) in [7, 11) is 1.66. The van der Waals surface area contributed by atoms with E-state index in [0.29, 0.717) is 19.4 Å². The number of nitrogens with zero attached hydrogens (tertiary/aromatic N) is 2. The molecular formula is C38H52N6O6. The predicted octanol–water partition coefficient (Wildman–Crippen LogP) is 3.63. The number of hydrogen-bond donors (Lipinski definition) is 4. The Kier molecular flexibility index (Phi) is 15.1. The fourth-order valence-electron chi connectivity index (χ4n) is 6.41. The van der Waals surface area contributed by atoms with Crippen molar-refractivity contribution < 1.29 is 28.7 Å². The summed E-state index contributed by atoms with van der Waals surface area (Å²) in [5, 5.41) is 17.8. The monoisotopic (exact) mass is 688 g/mol. The van der Waals surface area contributed by atoms with Crippen LogP contribution in [0, 0.1) is 29.1 Å². The fraction of sp³-hybridized carbons (Fsp3) is 0.526. The van der Waals surface area contributed by atoms with E-state index >= 15 is 0 Å². The summed E-state index contributed by atoms with van der Waals surface area (Å²) in [5.74, 6) is -3.72. The highest BCUT2D eigenvalue weighted by Crippen LogP contribution is 2.33. The second-order valence-corrected chi connectivity index (χ2v) is 13.6. The molecule has 1 aliphatic heterocycles. The summed E-state index contributed by atoms with van der Waals surface area (Å²) in [6.07, 6.45) is 0.174. The number of amides is 3. The zero-order chi connectivity index (χ0) is 36.8. The van der Waals surface area contributed by atoms with Gasteiger partial charge in [0.2, 0.25) is 11.8 Å². The molecule has 3 amide bonds. The molecule has 1 fully saturated rings. The Labute approximate surface area is 295 Å². The first-order chi connectivity index (χ1) is 23.8. The predicted molar refractivity (Wildman–Crippen MR) is 189 cm³/mol. The number of carbonyl (C=O) groups is 5. The van der Waals surface area contributed by atoms with Gasteiger partial charge in [-0.25, -0.2) is 4.79 Å². The van der Waals surface area contributed by atoms with E-state index in [0.717, 1.165) is 11.1 Å². The molecule has 12 nitrogen and oxygen atoms in total. The molecule has 50 heavy (non-hydrogen) atoms. The van der Waals surface area contributed by atoms with Gasteiger partial charge in [0.1, 0.15) is 18.7 Å². The number of nitrogens with one attached hydrogen (secondary N) is 3. The molecule has 2 unspecified atom stereocenters. The molecule has 0 aromatic heterocycles. The van der Waals surface area contributed by atoms with E-state index in [2.05, 4.69) is 16.0 Å². The van der Waals surface area contributed by atoms with Crippen LogP contribution in [-0.4, -0.2) is 71.6 Å². The third-order valence-corrected chi connectivity index (χ3v) is 9.53. The van der Waals surface area contributed by atoms with Crippen LogP contribution >= 0.6 is 0 Å². The minimum Gasteiger partial charge on any atom is -0.445 e. The average molecular weight is 689 g/mol. The average Bonchev–Trinajstić information content (AvgIpc) is 3.51. The molecule has 0 radical (unpaired) electrons. The Bertz CT molecular complexity index is 1500. The van der Waals surface area contributed by atoms with Gasteiger partial charge in [-0.15, -0.1) is 0 Å². The smallest absolute Gasteiger partial charge is 0.408 e. The van der Waals surface area contributed by atoms with E-state index in [1.807, 2.05) is 70.2 Å². The third-order valence-electron chi connectivity index (χ3n) is 9.53. The van der Waals surface area contributed by atoms with E-state index in [-0.39, 0.29) is 50.2 Å². The van der Waals surface area contributed by atoms with Gasteiger partial charge >= 0.3 is 6.09 Å². The molecule has 1 aliphatic rings. The van der Waals surface area contributed by atoms with Crippen LogP contribution in [0.25, 0.3) is 0 Å².